The summed E-state index contributed by atoms with van der Waals surface area (Å²) in [5.41, 5.74) is 9.01. The molecule has 0 aliphatic rings. The van der Waals surface area contributed by atoms with Crippen LogP contribution in [-0.4, -0.2) is 5.78 Å². The molecule has 0 fully saturated rings. The Labute approximate surface area is 105 Å². The lowest BCUT2D eigenvalue weighted by Crippen LogP contribution is -1.91. The Balaban J connectivity index is 2.39. The van der Waals surface area contributed by atoms with Crippen molar-refractivity contribution in [3.63, 3.8) is 0 Å². The van der Waals surface area contributed by atoms with Gasteiger partial charge >= 0.3 is 0 Å². The van der Waals surface area contributed by atoms with Gasteiger partial charge in [-0.1, -0.05) is 41.9 Å². The number of rotatable bonds is 2. The van der Waals surface area contributed by atoms with Crippen LogP contribution >= 0.6 is 11.6 Å². The van der Waals surface area contributed by atoms with Crippen molar-refractivity contribution in [2.45, 2.75) is 6.92 Å². The van der Waals surface area contributed by atoms with Gasteiger partial charge in [-0.15, -0.1) is 0 Å². The van der Waals surface area contributed by atoms with E-state index in [9.17, 15) is 4.79 Å². The van der Waals surface area contributed by atoms with Crippen LogP contribution in [0.2, 0.25) is 5.02 Å². The molecule has 0 spiro atoms. The summed E-state index contributed by atoms with van der Waals surface area (Å²) in [6.45, 7) is 1.55. The average Bonchev–Trinajstić information content (AvgIpc) is 2.33. The number of carbonyl (C=O) groups is 1. The zero-order chi connectivity index (χ0) is 12.4. The standard InChI is InChI=1S/C14H12ClNO/c1-9(17)10-2-4-11(5-3-10)12-6-7-13(15)14(16)8-12/h2-8H,16H2,1H3. The molecule has 2 nitrogen and oxygen atoms in total. The fourth-order valence-corrected chi connectivity index (χ4v) is 1.74. The Bertz CT molecular complexity index is 561. The first-order valence-electron chi connectivity index (χ1n) is 5.24. The third kappa shape index (κ3) is 2.48. The molecule has 0 aliphatic carbocycles. The highest BCUT2D eigenvalue weighted by molar-refractivity contribution is 6.33. The lowest BCUT2D eigenvalue weighted by Gasteiger charge is -2.05. The molecule has 0 bridgehead atoms. The molecule has 0 aromatic heterocycles. The van der Waals surface area contributed by atoms with Crippen LogP contribution in [0.25, 0.3) is 11.1 Å². The molecular weight excluding hydrogens is 234 g/mol. The van der Waals surface area contributed by atoms with Crippen LogP contribution < -0.4 is 5.73 Å². The van der Waals surface area contributed by atoms with Crippen LogP contribution in [0.4, 0.5) is 5.69 Å². The molecule has 0 saturated carbocycles. The van der Waals surface area contributed by atoms with Gasteiger partial charge in [0.1, 0.15) is 0 Å². The van der Waals surface area contributed by atoms with E-state index in [0.717, 1.165) is 11.1 Å². The number of benzene rings is 2. The van der Waals surface area contributed by atoms with E-state index >= 15 is 0 Å². The van der Waals surface area contributed by atoms with Crippen molar-refractivity contribution in [1.82, 2.24) is 0 Å². The number of nitrogens with two attached hydrogens (primary N) is 1. The topological polar surface area (TPSA) is 43.1 Å². The monoisotopic (exact) mass is 245 g/mol. The predicted molar refractivity (Wildman–Crippen MR) is 71.3 cm³/mol. The molecule has 86 valence electrons. The number of carbonyl (C=O) groups excluding carboxylic acids is 1. The number of anilines is 1. The number of nitrogen functional groups attached to an aromatic ring is 1. The maximum absolute atomic E-state index is 11.2. The molecular formula is C14H12ClNO. The van der Waals surface area contributed by atoms with E-state index < -0.39 is 0 Å². The second kappa shape index (κ2) is 4.60. The molecule has 3 heteroatoms. The summed E-state index contributed by atoms with van der Waals surface area (Å²) in [4.78, 5) is 11.2. The molecule has 0 saturated heterocycles. The van der Waals surface area contributed by atoms with Crippen LogP contribution in [0.5, 0.6) is 0 Å². The van der Waals surface area contributed by atoms with Gasteiger partial charge in [0, 0.05) is 5.56 Å². The van der Waals surface area contributed by atoms with E-state index in [1.165, 1.54) is 0 Å². The zero-order valence-electron chi connectivity index (χ0n) is 9.41. The highest BCUT2D eigenvalue weighted by Crippen LogP contribution is 2.26. The summed E-state index contributed by atoms with van der Waals surface area (Å²) >= 11 is 5.87. The first-order chi connectivity index (χ1) is 8.08. The fourth-order valence-electron chi connectivity index (χ4n) is 1.62. The Morgan fingerprint density at radius 1 is 1.06 bits per heavy atom. The van der Waals surface area contributed by atoms with Crippen LogP contribution in [0.15, 0.2) is 42.5 Å². The summed E-state index contributed by atoms with van der Waals surface area (Å²) in [5.74, 6) is 0.0622. The van der Waals surface area contributed by atoms with E-state index in [1.807, 2.05) is 36.4 Å². The Morgan fingerprint density at radius 2 is 1.65 bits per heavy atom. The number of hydrogen-bond acceptors (Lipinski definition) is 2. The molecule has 0 heterocycles. The molecule has 17 heavy (non-hydrogen) atoms. The summed E-state index contributed by atoms with van der Waals surface area (Å²) in [6.07, 6.45) is 0. The molecule has 2 aromatic rings. The minimum absolute atomic E-state index is 0.0622. The van der Waals surface area contributed by atoms with E-state index in [4.69, 9.17) is 17.3 Å². The average molecular weight is 246 g/mol. The molecule has 0 radical (unpaired) electrons. The molecule has 0 aliphatic heterocycles. The Morgan fingerprint density at radius 3 is 2.18 bits per heavy atom. The van der Waals surface area contributed by atoms with Crippen molar-refractivity contribution in [3.05, 3.63) is 53.1 Å². The van der Waals surface area contributed by atoms with Gasteiger partial charge in [-0.05, 0) is 30.2 Å². The highest BCUT2D eigenvalue weighted by Gasteiger charge is 2.03. The molecule has 2 N–H and O–H groups in total. The van der Waals surface area contributed by atoms with Gasteiger partial charge in [-0.3, -0.25) is 4.79 Å². The zero-order valence-corrected chi connectivity index (χ0v) is 10.2. The minimum atomic E-state index is 0.0622. The van der Waals surface area contributed by atoms with Crippen LogP contribution in [-0.2, 0) is 0 Å². The Hall–Kier alpha value is -1.80. The van der Waals surface area contributed by atoms with Crippen LogP contribution in [0, 0.1) is 0 Å². The van der Waals surface area contributed by atoms with E-state index in [0.29, 0.717) is 16.3 Å². The largest absolute Gasteiger partial charge is 0.398 e. The normalized spacial score (nSPS) is 10.2. The summed E-state index contributed by atoms with van der Waals surface area (Å²) in [5, 5.41) is 0.550. The molecule has 2 aromatic carbocycles. The summed E-state index contributed by atoms with van der Waals surface area (Å²) < 4.78 is 0. The van der Waals surface area contributed by atoms with Gasteiger partial charge in [0.05, 0.1) is 10.7 Å². The van der Waals surface area contributed by atoms with Gasteiger partial charge in [0.2, 0.25) is 0 Å². The second-order valence-corrected chi connectivity index (χ2v) is 4.28. The minimum Gasteiger partial charge on any atom is -0.398 e. The van der Waals surface area contributed by atoms with Gasteiger partial charge in [0.25, 0.3) is 0 Å². The SMILES string of the molecule is CC(=O)c1ccc(-c2ccc(Cl)c(N)c2)cc1. The quantitative estimate of drug-likeness (QED) is 0.646. The lowest BCUT2D eigenvalue weighted by atomic mass is 10.0. The van der Waals surface area contributed by atoms with Crippen molar-refractivity contribution in [1.29, 1.82) is 0 Å². The third-order valence-corrected chi connectivity index (χ3v) is 2.96. The number of Topliss-reactive ketones (excluding diaryl/α,β-unsaturated/α-hetero) is 1. The smallest absolute Gasteiger partial charge is 0.159 e. The fraction of sp³-hybridized carbons (Fsp3) is 0.0714. The molecule has 0 atom stereocenters. The van der Waals surface area contributed by atoms with E-state index in [1.54, 1.807) is 13.0 Å². The first kappa shape index (κ1) is 11.7. The number of ketones is 1. The van der Waals surface area contributed by atoms with E-state index in [2.05, 4.69) is 0 Å². The van der Waals surface area contributed by atoms with Gasteiger partial charge in [-0.25, -0.2) is 0 Å². The predicted octanol–water partition coefficient (Wildman–Crippen LogP) is 3.79. The summed E-state index contributed by atoms with van der Waals surface area (Å²) in [6, 6.07) is 12.9. The van der Waals surface area contributed by atoms with Gasteiger partial charge in [0.15, 0.2) is 5.78 Å². The first-order valence-corrected chi connectivity index (χ1v) is 5.62. The highest BCUT2D eigenvalue weighted by atomic mass is 35.5. The Kier molecular flexibility index (Phi) is 3.16. The molecule has 0 unspecified atom stereocenters. The van der Waals surface area contributed by atoms with E-state index in [-0.39, 0.29) is 5.78 Å². The lowest BCUT2D eigenvalue weighted by molar-refractivity contribution is 0.101. The molecule has 0 amide bonds. The third-order valence-electron chi connectivity index (χ3n) is 2.62. The summed E-state index contributed by atoms with van der Waals surface area (Å²) in [7, 11) is 0. The number of halogens is 1. The van der Waals surface area contributed by atoms with Gasteiger partial charge in [-0.2, -0.15) is 0 Å². The van der Waals surface area contributed by atoms with Gasteiger partial charge < -0.3 is 5.73 Å². The van der Waals surface area contributed by atoms with Crippen molar-refractivity contribution in [2.75, 3.05) is 5.73 Å². The molecule has 2 rings (SSSR count). The van der Waals surface area contributed by atoms with Crippen LogP contribution in [0.1, 0.15) is 17.3 Å². The van der Waals surface area contributed by atoms with Crippen molar-refractivity contribution in [2.24, 2.45) is 0 Å². The van der Waals surface area contributed by atoms with Crippen molar-refractivity contribution in [3.8, 4) is 11.1 Å². The second-order valence-electron chi connectivity index (χ2n) is 3.87. The van der Waals surface area contributed by atoms with Crippen LogP contribution in [0.3, 0.4) is 0 Å². The van der Waals surface area contributed by atoms with Crippen molar-refractivity contribution < 1.29 is 4.79 Å². The van der Waals surface area contributed by atoms with Crippen molar-refractivity contribution >= 4 is 23.1 Å². The number of hydrogen-bond donors (Lipinski definition) is 1. The maximum Gasteiger partial charge on any atom is 0.159 e. The maximum atomic E-state index is 11.2.